The van der Waals surface area contributed by atoms with Crippen LogP contribution in [0, 0.1) is 6.92 Å². The Kier molecular flexibility index (Phi) is 3.61. The Hall–Kier alpha value is -1.82. The average molecular weight is 325 g/mol. The summed E-state index contributed by atoms with van der Waals surface area (Å²) in [6, 6.07) is 5.36. The lowest BCUT2D eigenvalue weighted by Crippen LogP contribution is -2.00. The van der Waals surface area contributed by atoms with Gasteiger partial charge in [-0.25, -0.2) is 4.79 Å². The maximum Gasteiger partial charge on any atom is 0.356 e. The van der Waals surface area contributed by atoms with E-state index in [2.05, 4.69) is 21.0 Å². The third-order valence-corrected chi connectivity index (χ3v) is 3.85. The van der Waals surface area contributed by atoms with Crippen molar-refractivity contribution < 1.29 is 14.6 Å². The second-order valence-electron chi connectivity index (χ2n) is 4.12. The van der Waals surface area contributed by atoms with Gasteiger partial charge < -0.3 is 9.84 Å². The summed E-state index contributed by atoms with van der Waals surface area (Å²) in [6.45, 7) is 1.96. The molecule has 0 amide bonds. The maximum atomic E-state index is 11.0. The number of carboxylic acid groups (broad SMARTS) is 1. The zero-order chi connectivity index (χ0) is 14.2. The molecular weight excluding hydrogens is 312 g/mol. The second-order valence-corrected chi connectivity index (χ2v) is 4.91. The minimum absolute atomic E-state index is 0.0104. The molecule has 0 aliphatic heterocycles. The number of aromatic carboxylic acids is 1. The first-order chi connectivity index (χ1) is 8.95. The molecule has 1 N–H and O–H groups in total. The van der Waals surface area contributed by atoms with Crippen LogP contribution in [0.3, 0.4) is 0 Å². The monoisotopic (exact) mass is 324 g/mol. The van der Waals surface area contributed by atoms with Crippen LogP contribution < -0.4 is 4.74 Å². The Morgan fingerprint density at radius 1 is 1.47 bits per heavy atom. The van der Waals surface area contributed by atoms with E-state index in [0.29, 0.717) is 11.4 Å². The predicted octanol–water partition coefficient (Wildman–Crippen LogP) is 2.86. The molecule has 6 heteroatoms. The molecule has 0 radical (unpaired) electrons. The van der Waals surface area contributed by atoms with Gasteiger partial charge in [-0.2, -0.15) is 5.10 Å². The Morgan fingerprint density at radius 3 is 2.68 bits per heavy atom. The van der Waals surface area contributed by atoms with Gasteiger partial charge in [-0.3, -0.25) is 4.68 Å². The SMILES string of the molecule is COc1c(-c2cc(C(=O)O)nn2C)ccc(C)c1Br. The van der Waals surface area contributed by atoms with E-state index in [-0.39, 0.29) is 5.69 Å². The van der Waals surface area contributed by atoms with Crippen LogP contribution >= 0.6 is 15.9 Å². The molecule has 0 unspecified atom stereocenters. The summed E-state index contributed by atoms with van der Waals surface area (Å²) in [6.07, 6.45) is 0. The number of methoxy groups -OCH3 is 1. The van der Waals surface area contributed by atoms with E-state index in [0.717, 1.165) is 15.6 Å². The fraction of sp³-hybridized carbons (Fsp3) is 0.231. The molecule has 5 nitrogen and oxygen atoms in total. The van der Waals surface area contributed by atoms with Crippen LogP contribution in [0.5, 0.6) is 5.75 Å². The highest BCUT2D eigenvalue weighted by atomic mass is 79.9. The quantitative estimate of drug-likeness (QED) is 0.942. The van der Waals surface area contributed by atoms with E-state index >= 15 is 0 Å². The number of rotatable bonds is 3. The molecule has 19 heavy (non-hydrogen) atoms. The first-order valence-electron chi connectivity index (χ1n) is 5.56. The van der Waals surface area contributed by atoms with Gasteiger partial charge >= 0.3 is 5.97 Å². The van der Waals surface area contributed by atoms with Gasteiger partial charge in [-0.1, -0.05) is 6.07 Å². The molecule has 0 saturated heterocycles. The highest BCUT2D eigenvalue weighted by Crippen LogP contribution is 2.38. The largest absolute Gasteiger partial charge is 0.495 e. The lowest BCUT2D eigenvalue weighted by molar-refractivity contribution is 0.0689. The fourth-order valence-corrected chi connectivity index (χ4v) is 2.39. The van der Waals surface area contributed by atoms with Crippen molar-refractivity contribution in [2.24, 2.45) is 7.05 Å². The summed E-state index contributed by atoms with van der Waals surface area (Å²) in [7, 11) is 3.28. The topological polar surface area (TPSA) is 64.3 Å². The number of halogens is 1. The third kappa shape index (κ3) is 2.35. The average Bonchev–Trinajstić information content (AvgIpc) is 2.75. The summed E-state index contributed by atoms with van der Waals surface area (Å²) in [5, 5.41) is 12.9. The molecule has 0 aliphatic rings. The fourth-order valence-electron chi connectivity index (χ4n) is 1.88. The molecule has 0 aliphatic carbocycles. The van der Waals surface area contributed by atoms with E-state index in [1.165, 1.54) is 10.7 Å². The molecule has 100 valence electrons. The van der Waals surface area contributed by atoms with Gasteiger partial charge in [0.2, 0.25) is 0 Å². The highest BCUT2D eigenvalue weighted by molar-refractivity contribution is 9.10. The molecule has 1 aromatic carbocycles. The number of aryl methyl sites for hydroxylation is 2. The molecule has 0 fully saturated rings. The Bertz CT molecular complexity index is 650. The van der Waals surface area contributed by atoms with E-state index < -0.39 is 5.97 Å². The van der Waals surface area contributed by atoms with Crippen molar-refractivity contribution in [1.82, 2.24) is 9.78 Å². The van der Waals surface area contributed by atoms with E-state index in [4.69, 9.17) is 9.84 Å². The van der Waals surface area contributed by atoms with Crippen LogP contribution in [0.15, 0.2) is 22.7 Å². The lowest BCUT2D eigenvalue weighted by Gasteiger charge is -2.12. The van der Waals surface area contributed by atoms with Gasteiger partial charge in [-0.05, 0) is 40.5 Å². The number of aromatic nitrogens is 2. The maximum absolute atomic E-state index is 11.0. The van der Waals surface area contributed by atoms with Crippen molar-refractivity contribution in [3.8, 4) is 17.0 Å². The number of benzene rings is 1. The molecular formula is C13H13BrN2O3. The Labute approximate surface area is 118 Å². The first-order valence-corrected chi connectivity index (χ1v) is 6.35. The van der Waals surface area contributed by atoms with Gasteiger partial charge in [0, 0.05) is 12.6 Å². The molecule has 0 saturated carbocycles. The van der Waals surface area contributed by atoms with Crippen molar-refractivity contribution >= 4 is 21.9 Å². The summed E-state index contributed by atoms with van der Waals surface area (Å²) in [5.41, 5.74) is 2.54. The van der Waals surface area contributed by atoms with Crippen LogP contribution in [-0.4, -0.2) is 28.0 Å². The zero-order valence-electron chi connectivity index (χ0n) is 10.8. The smallest absolute Gasteiger partial charge is 0.356 e. The van der Waals surface area contributed by atoms with Crippen molar-refractivity contribution in [2.45, 2.75) is 6.92 Å². The number of ether oxygens (including phenoxy) is 1. The second kappa shape index (κ2) is 5.05. The van der Waals surface area contributed by atoms with Gasteiger partial charge in [0.25, 0.3) is 0 Å². The number of hydrogen-bond acceptors (Lipinski definition) is 3. The van der Waals surface area contributed by atoms with Crippen LogP contribution in [0.1, 0.15) is 16.1 Å². The van der Waals surface area contributed by atoms with Gasteiger partial charge in [0.15, 0.2) is 5.69 Å². The number of hydrogen-bond donors (Lipinski definition) is 1. The minimum atomic E-state index is -1.05. The minimum Gasteiger partial charge on any atom is -0.495 e. The normalized spacial score (nSPS) is 10.5. The summed E-state index contributed by atoms with van der Waals surface area (Å²) in [5.74, 6) is -0.382. The van der Waals surface area contributed by atoms with Crippen LogP contribution in [-0.2, 0) is 7.05 Å². The van der Waals surface area contributed by atoms with Crippen molar-refractivity contribution in [2.75, 3.05) is 7.11 Å². The van der Waals surface area contributed by atoms with Crippen molar-refractivity contribution in [1.29, 1.82) is 0 Å². The predicted molar refractivity (Wildman–Crippen MR) is 74.6 cm³/mol. The number of carbonyl (C=O) groups is 1. The molecule has 1 aromatic heterocycles. The third-order valence-electron chi connectivity index (χ3n) is 2.87. The molecule has 1 heterocycles. The molecule has 0 atom stereocenters. The number of nitrogens with zero attached hydrogens (tertiary/aromatic N) is 2. The molecule has 2 rings (SSSR count). The summed E-state index contributed by atoms with van der Waals surface area (Å²) in [4.78, 5) is 11.0. The summed E-state index contributed by atoms with van der Waals surface area (Å²) < 4.78 is 7.78. The zero-order valence-corrected chi connectivity index (χ0v) is 12.4. The van der Waals surface area contributed by atoms with Crippen LogP contribution in [0.25, 0.3) is 11.3 Å². The Morgan fingerprint density at radius 2 is 2.16 bits per heavy atom. The molecule has 0 spiro atoms. The van der Waals surface area contributed by atoms with Crippen molar-refractivity contribution in [3.05, 3.63) is 33.9 Å². The van der Waals surface area contributed by atoms with Gasteiger partial charge in [0.1, 0.15) is 5.75 Å². The van der Waals surface area contributed by atoms with Gasteiger partial charge in [-0.15, -0.1) is 0 Å². The van der Waals surface area contributed by atoms with E-state index in [1.54, 1.807) is 14.2 Å². The van der Waals surface area contributed by atoms with Crippen molar-refractivity contribution in [3.63, 3.8) is 0 Å². The van der Waals surface area contributed by atoms with E-state index in [1.807, 2.05) is 19.1 Å². The standard InChI is InChI=1S/C13H13BrN2O3/c1-7-4-5-8(12(19-3)11(7)14)10-6-9(13(17)18)15-16(10)2/h4-6H,1-3H3,(H,17,18). The molecule has 2 aromatic rings. The molecule has 0 bridgehead atoms. The van der Waals surface area contributed by atoms with Gasteiger partial charge in [0.05, 0.1) is 17.3 Å². The number of carboxylic acids is 1. The van der Waals surface area contributed by atoms with Crippen LogP contribution in [0.2, 0.25) is 0 Å². The lowest BCUT2D eigenvalue weighted by atomic mass is 10.1. The van der Waals surface area contributed by atoms with Crippen LogP contribution in [0.4, 0.5) is 0 Å². The highest BCUT2D eigenvalue weighted by Gasteiger charge is 2.18. The summed E-state index contributed by atoms with van der Waals surface area (Å²) >= 11 is 3.48. The first kappa shape index (κ1) is 13.6. The van der Waals surface area contributed by atoms with E-state index in [9.17, 15) is 4.79 Å². The Balaban J connectivity index is 2.65.